The first kappa shape index (κ1) is 9.97. The van der Waals surface area contributed by atoms with E-state index < -0.39 is 5.82 Å². The molecule has 0 aromatic heterocycles. The van der Waals surface area contributed by atoms with Crippen molar-refractivity contribution in [3.05, 3.63) is 29.6 Å². The minimum absolute atomic E-state index is 0.109. The van der Waals surface area contributed by atoms with Gasteiger partial charge in [-0.3, -0.25) is 0 Å². The molecular formula is C12H13FN2. The number of hydrogen-bond acceptors (Lipinski definition) is 2. The molecule has 1 N–H and O–H groups in total. The van der Waals surface area contributed by atoms with E-state index in [0.717, 1.165) is 5.69 Å². The van der Waals surface area contributed by atoms with E-state index in [0.29, 0.717) is 6.04 Å². The molecular weight excluding hydrogens is 191 g/mol. The Morgan fingerprint density at radius 3 is 2.73 bits per heavy atom. The summed E-state index contributed by atoms with van der Waals surface area (Å²) in [5.74, 6) is -0.450. The Morgan fingerprint density at radius 1 is 1.33 bits per heavy atom. The molecule has 2 nitrogen and oxygen atoms in total. The van der Waals surface area contributed by atoms with Crippen LogP contribution in [0.3, 0.4) is 0 Å². The van der Waals surface area contributed by atoms with Gasteiger partial charge in [-0.05, 0) is 31.0 Å². The van der Waals surface area contributed by atoms with Crippen molar-refractivity contribution in [1.82, 2.24) is 0 Å². The summed E-state index contributed by atoms with van der Waals surface area (Å²) in [7, 11) is 0. The molecule has 0 spiro atoms. The average molecular weight is 204 g/mol. The molecule has 0 atom stereocenters. The van der Waals surface area contributed by atoms with E-state index in [1.54, 1.807) is 12.1 Å². The van der Waals surface area contributed by atoms with Crippen molar-refractivity contribution in [3.63, 3.8) is 0 Å². The summed E-state index contributed by atoms with van der Waals surface area (Å²) in [4.78, 5) is 0. The predicted octanol–water partition coefficient (Wildman–Crippen LogP) is 3.05. The third-order valence-corrected chi connectivity index (χ3v) is 2.81. The van der Waals surface area contributed by atoms with Crippen molar-refractivity contribution < 1.29 is 4.39 Å². The van der Waals surface area contributed by atoms with Gasteiger partial charge in [0, 0.05) is 11.7 Å². The van der Waals surface area contributed by atoms with Crippen LogP contribution in [0.1, 0.15) is 31.2 Å². The maximum atomic E-state index is 13.0. The van der Waals surface area contributed by atoms with Crippen LogP contribution in [-0.4, -0.2) is 6.04 Å². The van der Waals surface area contributed by atoms with E-state index in [4.69, 9.17) is 5.26 Å². The summed E-state index contributed by atoms with van der Waals surface area (Å²) in [5, 5.41) is 12.0. The first-order chi connectivity index (χ1) is 7.29. The molecule has 1 aliphatic rings. The minimum atomic E-state index is -0.450. The molecule has 1 aromatic rings. The fraction of sp³-hybridized carbons (Fsp3) is 0.417. The second-order valence-corrected chi connectivity index (χ2v) is 3.93. The number of rotatable bonds is 2. The van der Waals surface area contributed by atoms with Gasteiger partial charge in [0.25, 0.3) is 0 Å². The number of hydrogen-bond donors (Lipinski definition) is 1. The van der Waals surface area contributed by atoms with Gasteiger partial charge in [-0.1, -0.05) is 12.8 Å². The predicted molar refractivity (Wildman–Crippen MR) is 57.0 cm³/mol. The Morgan fingerprint density at radius 2 is 2.07 bits per heavy atom. The lowest BCUT2D eigenvalue weighted by molar-refractivity contribution is 0.624. The van der Waals surface area contributed by atoms with Crippen molar-refractivity contribution >= 4 is 5.69 Å². The summed E-state index contributed by atoms with van der Waals surface area (Å²) in [6.07, 6.45) is 4.84. The largest absolute Gasteiger partial charge is 0.382 e. The smallest absolute Gasteiger partial charge is 0.141 e. The monoisotopic (exact) mass is 204 g/mol. The quantitative estimate of drug-likeness (QED) is 0.803. The summed E-state index contributed by atoms with van der Waals surface area (Å²) < 4.78 is 13.0. The standard InChI is InChI=1S/C12H13FN2/c13-12-6-5-11(7-9(12)8-14)15-10-3-1-2-4-10/h5-7,10,15H,1-4H2. The van der Waals surface area contributed by atoms with E-state index >= 15 is 0 Å². The molecule has 1 saturated carbocycles. The van der Waals surface area contributed by atoms with Gasteiger partial charge >= 0.3 is 0 Å². The first-order valence-electron chi connectivity index (χ1n) is 5.26. The summed E-state index contributed by atoms with van der Waals surface area (Å²) in [6, 6.07) is 6.94. The number of nitrogens with zero attached hydrogens (tertiary/aromatic N) is 1. The van der Waals surface area contributed by atoms with Crippen molar-refractivity contribution in [2.45, 2.75) is 31.7 Å². The third kappa shape index (κ3) is 2.27. The average Bonchev–Trinajstić information content (AvgIpc) is 2.73. The maximum absolute atomic E-state index is 13.0. The second kappa shape index (κ2) is 4.31. The van der Waals surface area contributed by atoms with Crippen LogP contribution >= 0.6 is 0 Å². The summed E-state index contributed by atoms with van der Waals surface area (Å²) in [6.45, 7) is 0. The molecule has 0 aliphatic heterocycles. The van der Waals surface area contributed by atoms with Crippen LogP contribution in [0.2, 0.25) is 0 Å². The number of nitrogens with one attached hydrogen (secondary N) is 1. The van der Waals surface area contributed by atoms with Crippen LogP contribution in [0.25, 0.3) is 0 Å². The van der Waals surface area contributed by atoms with Gasteiger partial charge in [0.1, 0.15) is 11.9 Å². The summed E-state index contributed by atoms with van der Waals surface area (Å²) >= 11 is 0. The number of halogens is 1. The highest BCUT2D eigenvalue weighted by Gasteiger charge is 2.14. The molecule has 2 rings (SSSR count). The van der Waals surface area contributed by atoms with Crippen molar-refractivity contribution in [1.29, 1.82) is 5.26 Å². The molecule has 0 saturated heterocycles. The number of nitriles is 1. The van der Waals surface area contributed by atoms with Crippen LogP contribution in [0.4, 0.5) is 10.1 Å². The van der Waals surface area contributed by atoms with E-state index in [-0.39, 0.29) is 5.56 Å². The SMILES string of the molecule is N#Cc1cc(NC2CCCC2)ccc1F. The zero-order chi connectivity index (χ0) is 10.7. The Bertz CT molecular complexity index is 389. The first-order valence-corrected chi connectivity index (χ1v) is 5.26. The van der Waals surface area contributed by atoms with Gasteiger partial charge in [-0.2, -0.15) is 5.26 Å². The van der Waals surface area contributed by atoms with E-state index in [2.05, 4.69) is 5.32 Å². The molecule has 0 bridgehead atoms. The Kier molecular flexibility index (Phi) is 2.86. The van der Waals surface area contributed by atoms with Gasteiger partial charge in [0.05, 0.1) is 5.56 Å². The molecule has 15 heavy (non-hydrogen) atoms. The Labute approximate surface area is 88.7 Å². The molecule has 0 heterocycles. The number of benzene rings is 1. The van der Waals surface area contributed by atoms with Gasteiger partial charge in [0.15, 0.2) is 0 Å². The highest BCUT2D eigenvalue weighted by atomic mass is 19.1. The zero-order valence-electron chi connectivity index (χ0n) is 8.46. The van der Waals surface area contributed by atoms with Gasteiger partial charge in [-0.25, -0.2) is 4.39 Å². The van der Waals surface area contributed by atoms with Gasteiger partial charge < -0.3 is 5.32 Å². The normalized spacial score (nSPS) is 16.3. The molecule has 1 aromatic carbocycles. The highest BCUT2D eigenvalue weighted by molar-refractivity contribution is 5.50. The van der Waals surface area contributed by atoms with E-state index in [9.17, 15) is 4.39 Å². The molecule has 3 heteroatoms. The van der Waals surface area contributed by atoms with Crippen LogP contribution in [-0.2, 0) is 0 Å². The zero-order valence-corrected chi connectivity index (χ0v) is 8.46. The van der Waals surface area contributed by atoms with E-state index in [1.165, 1.54) is 31.7 Å². The van der Waals surface area contributed by atoms with E-state index in [1.807, 2.05) is 6.07 Å². The highest BCUT2D eigenvalue weighted by Crippen LogP contribution is 2.23. The Hall–Kier alpha value is -1.56. The minimum Gasteiger partial charge on any atom is -0.382 e. The lowest BCUT2D eigenvalue weighted by Gasteiger charge is -2.13. The summed E-state index contributed by atoms with van der Waals surface area (Å²) in [5.41, 5.74) is 0.956. The lowest BCUT2D eigenvalue weighted by Crippen LogP contribution is -2.14. The molecule has 1 fully saturated rings. The van der Waals surface area contributed by atoms with Crippen molar-refractivity contribution in [2.24, 2.45) is 0 Å². The van der Waals surface area contributed by atoms with Crippen LogP contribution in [0.15, 0.2) is 18.2 Å². The molecule has 1 aliphatic carbocycles. The topological polar surface area (TPSA) is 35.8 Å². The molecule has 0 amide bonds. The van der Waals surface area contributed by atoms with Gasteiger partial charge in [-0.15, -0.1) is 0 Å². The second-order valence-electron chi connectivity index (χ2n) is 3.93. The van der Waals surface area contributed by atoms with Gasteiger partial charge in [0.2, 0.25) is 0 Å². The van der Waals surface area contributed by atoms with Crippen LogP contribution < -0.4 is 5.32 Å². The molecule has 0 radical (unpaired) electrons. The van der Waals surface area contributed by atoms with Crippen molar-refractivity contribution in [3.8, 4) is 6.07 Å². The van der Waals surface area contributed by atoms with Crippen LogP contribution in [0.5, 0.6) is 0 Å². The fourth-order valence-corrected chi connectivity index (χ4v) is 2.01. The molecule has 0 unspecified atom stereocenters. The van der Waals surface area contributed by atoms with Crippen LogP contribution in [0, 0.1) is 17.1 Å². The fourth-order valence-electron chi connectivity index (χ4n) is 2.01. The third-order valence-electron chi connectivity index (χ3n) is 2.81. The lowest BCUT2D eigenvalue weighted by atomic mass is 10.2. The molecule has 78 valence electrons. The Balaban J connectivity index is 2.11. The van der Waals surface area contributed by atoms with Crippen molar-refractivity contribution in [2.75, 3.05) is 5.32 Å². The maximum Gasteiger partial charge on any atom is 0.141 e. The number of anilines is 1.